The summed E-state index contributed by atoms with van der Waals surface area (Å²) >= 11 is 1.87. The summed E-state index contributed by atoms with van der Waals surface area (Å²) in [5.41, 5.74) is 1.83. The lowest BCUT2D eigenvalue weighted by Gasteiger charge is -2.31. The van der Waals surface area contributed by atoms with Crippen LogP contribution in [-0.2, 0) is 44.5 Å². The molecule has 0 radical (unpaired) electrons. The molecule has 0 spiro atoms. The number of rotatable bonds is 26. The van der Waals surface area contributed by atoms with Gasteiger partial charge in [-0.05, 0) is 81.7 Å². The van der Waals surface area contributed by atoms with Crippen molar-refractivity contribution < 1.29 is 72.2 Å². The van der Waals surface area contributed by atoms with E-state index in [0.717, 1.165) is 12.0 Å². The Morgan fingerprint density at radius 3 is 2.48 bits per heavy atom. The van der Waals surface area contributed by atoms with Crippen LogP contribution in [-0.4, -0.2) is 154 Å². The fourth-order valence-corrected chi connectivity index (χ4v) is 10.0. The number of aldehydes is 1. The summed E-state index contributed by atoms with van der Waals surface area (Å²) < 4.78 is 40.3. The molecule has 444 valence electrons. The maximum atomic E-state index is 14.5. The number of aliphatic hydroxyl groups excluding tert-OH is 2. The van der Waals surface area contributed by atoms with Crippen LogP contribution in [0.4, 0.5) is 22.0 Å². The van der Waals surface area contributed by atoms with Crippen molar-refractivity contribution in [1.82, 2.24) is 29.7 Å². The minimum Gasteiger partial charge on any atom is -0.493 e. The highest BCUT2D eigenvalue weighted by molar-refractivity contribution is 14.1. The number of amides is 6. The summed E-state index contributed by atoms with van der Waals surface area (Å²) in [5.74, 6) is -0.897. The molecular formula is C57H74IN9O15. The molecule has 7 rings (SSSR count). The highest BCUT2D eigenvalue weighted by Crippen LogP contribution is 2.41. The van der Waals surface area contributed by atoms with E-state index in [-0.39, 0.29) is 135 Å². The Labute approximate surface area is 490 Å². The Kier molecular flexibility index (Phi) is 21.6. The number of aliphatic hydroxyl groups is 2. The van der Waals surface area contributed by atoms with Gasteiger partial charge in [-0.3, -0.25) is 32.0 Å². The third kappa shape index (κ3) is 16.1. The first-order valence-electron chi connectivity index (χ1n) is 27.2. The van der Waals surface area contributed by atoms with E-state index >= 15 is 0 Å². The molecular weight excluding hydrogens is 1180 g/mol. The largest absolute Gasteiger partial charge is 0.493 e. The second-order valence-corrected chi connectivity index (χ2v) is 22.5. The number of aromatic nitrogens is 3. The van der Waals surface area contributed by atoms with Crippen molar-refractivity contribution in [1.29, 1.82) is 0 Å². The summed E-state index contributed by atoms with van der Waals surface area (Å²) in [5, 5.41) is 27.8. The predicted molar refractivity (Wildman–Crippen MR) is 309 cm³/mol. The van der Waals surface area contributed by atoms with Crippen molar-refractivity contribution in [3.8, 4) is 17.2 Å². The van der Waals surface area contributed by atoms with E-state index in [1.54, 1.807) is 41.9 Å². The van der Waals surface area contributed by atoms with Gasteiger partial charge in [-0.1, -0.05) is 32.1 Å². The first-order valence-corrected chi connectivity index (χ1v) is 28.2. The molecule has 3 aliphatic heterocycles. The number of hydrogen-bond acceptors (Lipinski definition) is 16. The number of carbonyl (C=O) groups is 7. The maximum Gasteiger partial charge on any atom is 0.414 e. The Morgan fingerprint density at radius 2 is 1.74 bits per heavy atom. The number of imidazole rings is 1. The van der Waals surface area contributed by atoms with Crippen LogP contribution in [0.25, 0.3) is 0 Å². The number of fused-ring (bicyclic) bond motifs is 2. The van der Waals surface area contributed by atoms with Gasteiger partial charge in [0.15, 0.2) is 17.3 Å². The van der Waals surface area contributed by atoms with Gasteiger partial charge in [0.2, 0.25) is 18.0 Å². The first kappa shape index (κ1) is 62.5. The number of carbonyl (C=O) groups excluding carboxylic acids is 7. The van der Waals surface area contributed by atoms with E-state index < -0.39 is 54.0 Å². The van der Waals surface area contributed by atoms with Crippen LogP contribution in [0.15, 0.2) is 60.9 Å². The van der Waals surface area contributed by atoms with Gasteiger partial charge in [0.1, 0.15) is 30.4 Å². The normalized spacial score (nSPS) is 17.8. The molecule has 82 heavy (non-hydrogen) atoms. The number of methoxy groups -OCH3 is 1. The van der Waals surface area contributed by atoms with Crippen LogP contribution >= 0.6 is 22.9 Å². The number of nitrogens with one attached hydrogen (secondary N) is 3. The summed E-state index contributed by atoms with van der Waals surface area (Å²) in [7, 11) is 4.69. The monoisotopic (exact) mass is 1250 g/mol. The lowest BCUT2D eigenvalue weighted by atomic mass is 10.0. The molecule has 0 aliphatic carbocycles. The van der Waals surface area contributed by atoms with Gasteiger partial charge in [-0.25, -0.2) is 9.78 Å². The van der Waals surface area contributed by atoms with E-state index in [1.165, 1.54) is 50.2 Å². The van der Waals surface area contributed by atoms with Crippen molar-refractivity contribution >= 4 is 82.0 Å². The van der Waals surface area contributed by atoms with Crippen molar-refractivity contribution in [2.75, 3.05) is 66.4 Å². The van der Waals surface area contributed by atoms with Crippen molar-refractivity contribution in [3.05, 3.63) is 89.2 Å². The van der Waals surface area contributed by atoms with E-state index in [2.05, 4.69) is 41.4 Å². The predicted octanol–water partition coefficient (Wildman–Crippen LogP) is 6.01. The average Bonchev–Trinajstić information content (AvgIpc) is 3.41. The average molecular weight is 1250 g/mol. The summed E-state index contributed by atoms with van der Waals surface area (Å²) in [4.78, 5) is 101. The van der Waals surface area contributed by atoms with Crippen LogP contribution in [0.2, 0.25) is 0 Å². The van der Waals surface area contributed by atoms with Crippen LogP contribution < -0.4 is 38.2 Å². The highest BCUT2D eigenvalue weighted by Gasteiger charge is 2.41. The minimum atomic E-state index is -1.03. The topological polar surface area (TPSA) is 284 Å². The molecule has 3 aliphatic rings. The highest BCUT2D eigenvalue weighted by atomic mass is 127. The van der Waals surface area contributed by atoms with Gasteiger partial charge in [-0.15, -0.1) is 0 Å². The van der Waals surface area contributed by atoms with E-state index in [1.807, 2.05) is 36.7 Å². The van der Waals surface area contributed by atoms with Gasteiger partial charge < -0.3 is 73.4 Å². The molecule has 25 heteroatoms. The Hall–Kier alpha value is -7.07. The second-order valence-electron chi connectivity index (χ2n) is 21.5. The molecule has 24 nitrogen and oxygen atoms in total. The third-order valence-electron chi connectivity index (χ3n) is 14.0. The quantitative estimate of drug-likeness (QED) is 0.0158. The number of nitrogens with zero attached hydrogens (tertiary/aromatic N) is 6. The smallest absolute Gasteiger partial charge is 0.414 e. The molecule has 1 unspecified atom stereocenters. The SMILES string of the molecule is C=C1CC2CN(C(=O)OCc3ccc(O[C@H]4C[C@@H](O)C[C@@H](C=O)O4)c(C(=O)NCCC(C)(C)OCCC(C)C)c3)c3cc(OCCCC(=O)N(I)c4cc(C(=O)Nc5cn(C)c(C(=O)NCCCO)n5)n(C)c4)c(OC)cc3C(=O)N2C1. The third-order valence-corrected chi connectivity index (χ3v) is 15.1. The number of aryl methyl sites for hydroxylation is 2. The zero-order chi connectivity index (χ0) is 59.4. The lowest BCUT2D eigenvalue weighted by molar-refractivity contribution is -0.176. The van der Waals surface area contributed by atoms with E-state index in [9.17, 15) is 38.7 Å². The molecule has 4 atom stereocenters. The van der Waals surface area contributed by atoms with Crippen LogP contribution in [0.3, 0.4) is 0 Å². The molecule has 2 fully saturated rings. The summed E-state index contributed by atoms with van der Waals surface area (Å²) in [6, 6.07) is 8.85. The maximum absolute atomic E-state index is 14.5. The van der Waals surface area contributed by atoms with Crippen molar-refractivity contribution in [3.63, 3.8) is 0 Å². The summed E-state index contributed by atoms with van der Waals surface area (Å²) in [6.07, 6.45) is 2.78. The lowest BCUT2D eigenvalue weighted by Crippen LogP contribution is -2.42. The molecule has 5 heterocycles. The Bertz CT molecular complexity index is 3000. The molecule has 0 saturated carbocycles. The molecule has 6 amide bonds. The van der Waals surface area contributed by atoms with E-state index in [0.29, 0.717) is 49.3 Å². The standard InChI is InChI=1S/C57H74IN9O15/c1-34(2)14-20-80-57(4,5)15-17-60-52(72)42-22-36(12-13-45(42)82-50-25-39(70)24-40(32-69)81-50)33-79-56(76)66-30-37-21-35(3)28-65(37)55(75)41-26-46(77-8)47(27-43(41)66)78-19-9-11-49(71)67(58)38-23-44(63(6)29-38)53(73)62-48-31-64(7)51(61-48)54(74)59-16-10-18-68/h12-13,22-23,26-27,29,31-32,34,37,39-40,50,68,70H,3,9-11,14-21,24-25,28,30,33H2,1-2,4-8H3,(H,59,74)(H,60,72)(H,62,73)/t37?,39-,40-,50-/m0/s1. The van der Waals surface area contributed by atoms with E-state index in [4.69, 9.17) is 33.5 Å². The molecule has 2 saturated heterocycles. The second kappa shape index (κ2) is 28.3. The summed E-state index contributed by atoms with van der Waals surface area (Å²) in [6.45, 7) is 13.4. The fraction of sp³-hybridized carbons (Fsp3) is 0.509. The number of halogens is 1. The number of ether oxygens (including phenoxy) is 6. The minimum absolute atomic E-state index is 0.0247. The first-order chi connectivity index (χ1) is 39.1. The Balaban J connectivity index is 1.02. The van der Waals surface area contributed by atoms with Gasteiger partial charge in [0, 0.05) is 84.7 Å². The number of hydrogen-bond donors (Lipinski definition) is 5. The van der Waals surface area contributed by atoms with Gasteiger partial charge >= 0.3 is 6.09 Å². The number of benzene rings is 2. The molecule has 5 N–H and O–H groups in total. The van der Waals surface area contributed by atoms with Gasteiger partial charge in [0.05, 0.1) is 83.4 Å². The fourth-order valence-electron chi connectivity index (χ4n) is 9.52. The van der Waals surface area contributed by atoms with Crippen LogP contribution in [0.5, 0.6) is 17.2 Å². The molecule has 0 bridgehead atoms. The van der Waals surface area contributed by atoms with Crippen LogP contribution in [0.1, 0.15) is 126 Å². The molecule has 2 aromatic heterocycles. The van der Waals surface area contributed by atoms with Crippen LogP contribution in [0, 0.1) is 5.92 Å². The Morgan fingerprint density at radius 1 is 0.976 bits per heavy atom. The zero-order valence-corrected chi connectivity index (χ0v) is 49.5. The zero-order valence-electron chi connectivity index (χ0n) is 47.4. The van der Waals surface area contributed by atoms with Gasteiger partial charge in [0.25, 0.3) is 23.6 Å². The number of anilines is 3. The molecule has 4 aromatic rings. The van der Waals surface area contributed by atoms with Crippen molar-refractivity contribution in [2.45, 2.75) is 116 Å². The van der Waals surface area contributed by atoms with Crippen molar-refractivity contribution in [2.24, 2.45) is 20.0 Å². The van der Waals surface area contributed by atoms with Gasteiger partial charge in [-0.2, -0.15) is 0 Å². The molecule has 2 aromatic carbocycles.